The van der Waals surface area contributed by atoms with Gasteiger partial charge in [-0.05, 0) is 39.8 Å². The van der Waals surface area contributed by atoms with E-state index in [1.165, 1.54) is 12.1 Å². The molecule has 0 spiro atoms. The summed E-state index contributed by atoms with van der Waals surface area (Å²) in [5.74, 6) is -0.801. The number of aromatic nitrogens is 4. The number of nitrogens with one attached hydrogen (secondary N) is 1. The van der Waals surface area contributed by atoms with Gasteiger partial charge in [0.25, 0.3) is 0 Å². The van der Waals surface area contributed by atoms with Crippen molar-refractivity contribution >= 4 is 49.9 Å². The molecule has 1 amide bonds. The van der Waals surface area contributed by atoms with E-state index >= 15 is 0 Å². The lowest BCUT2D eigenvalue weighted by atomic mass is 10.4. The van der Waals surface area contributed by atoms with E-state index in [-0.39, 0.29) is 28.4 Å². The Morgan fingerprint density at radius 2 is 1.91 bits per heavy atom. The second kappa shape index (κ2) is 11.1. The molecular weight excluding hydrogens is 498 g/mol. The van der Waals surface area contributed by atoms with E-state index in [0.717, 1.165) is 23.1 Å². The summed E-state index contributed by atoms with van der Waals surface area (Å²) < 4.78 is 32.2. The SMILES string of the molecule is CCn1c(CS(=O)(=O)c2ccccc2)nnc1SCC(=O)Nc1nc(C)c(C(=O)OC(C)C)s1. The molecule has 0 saturated heterocycles. The van der Waals surface area contributed by atoms with Gasteiger partial charge in [0.1, 0.15) is 16.5 Å². The molecule has 1 N–H and O–H groups in total. The van der Waals surface area contributed by atoms with Gasteiger partial charge in [-0.15, -0.1) is 10.2 Å². The number of aryl methyl sites for hydroxylation is 1. The Kier molecular flexibility index (Phi) is 8.44. The van der Waals surface area contributed by atoms with Crippen molar-refractivity contribution in [3.63, 3.8) is 0 Å². The average molecular weight is 524 g/mol. The van der Waals surface area contributed by atoms with Gasteiger partial charge in [0.2, 0.25) is 5.91 Å². The number of esters is 1. The highest BCUT2D eigenvalue weighted by atomic mass is 32.2. The summed E-state index contributed by atoms with van der Waals surface area (Å²) >= 11 is 2.18. The van der Waals surface area contributed by atoms with Gasteiger partial charge < -0.3 is 14.6 Å². The Bertz CT molecular complexity index is 1270. The normalized spacial score (nSPS) is 11.6. The molecule has 1 aromatic carbocycles. The second-order valence-electron chi connectivity index (χ2n) is 7.44. The number of hydrogen-bond acceptors (Lipinski definition) is 10. The van der Waals surface area contributed by atoms with Crippen LogP contribution in [0, 0.1) is 6.92 Å². The van der Waals surface area contributed by atoms with Crippen LogP contribution in [0.2, 0.25) is 0 Å². The van der Waals surface area contributed by atoms with Crippen molar-refractivity contribution in [1.29, 1.82) is 0 Å². The lowest BCUT2D eigenvalue weighted by Crippen LogP contribution is -2.15. The minimum atomic E-state index is -3.58. The number of carbonyl (C=O) groups excluding carboxylic acids is 2. The molecule has 2 heterocycles. The standard InChI is InChI=1S/C21H25N5O5S3/c1-5-26-16(12-34(29,30)15-9-7-6-8-10-15)24-25-21(26)32-11-17(27)23-20-22-14(4)18(33-20)19(28)31-13(2)3/h6-10,13H,5,11-12H2,1-4H3,(H,22,23,27). The molecule has 0 radical (unpaired) electrons. The van der Waals surface area contributed by atoms with Crippen LogP contribution in [0.3, 0.4) is 0 Å². The first kappa shape index (κ1) is 25.8. The molecule has 0 aliphatic carbocycles. The van der Waals surface area contributed by atoms with Crippen LogP contribution in [-0.2, 0) is 31.7 Å². The second-order valence-corrected chi connectivity index (χ2v) is 11.4. The van der Waals surface area contributed by atoms with E-state index in [1.807, 2.05) is 6.92 Å². The van der Waals surface area contributed by atoms with E-state index in [2.05, 4.69) is 20.5 Å². The van der Waals surface area contributed by atoms with Crippen LogP contribution in [0.25, 0.3) is 0 Å². The molecular formula is C21H25N5O5S3. The zero-order chi connectivity index (χ0) is 24.9. The zero-order valence-corrected chi connectivity index (χ0v) is 21.6. The van der Waals surface area contributed by atoms with Crippen LogP contribution in [0.15, 0.2) is 40.4 Å². The number of benzene rings is 1. The highest BCUT2D eigenvalue weighted by molar-refractivity contribution is 7.99. The molecule has 2 aromatic heterocycles. The van der Waals surface area contributed by atoms with Gasteiger partial charge in [-0.25, -0.2) is 18.2 Å². The minimum Gasteiger partial charge on any atom is -0.459 e. The topological polar surface area (TPSA) is 133 Å². The number of nitrogens with zero attached hydrogens (tertiary/aromatic N) is 4. The van der Waals surface area contributed by atoms with Crippen LogP contribution in [0.5, 0.6) is 0 Å². The summed E-state index contributed by atoms with van der Waals surface area (Å²) in [5, 5.41) is 11.5. The third-order valence-electron chi connectivity index (χ3n) is 4.43. The van der Waals surface area contributed by atoms with Crippen LogP contribution in [0.4, 0.5) is 5.13 Å². The van der Waals surface area contributed by atoms with Gasteiger partial charge in [0.15, 0.2) is 20.1 Å². The van der Waals surface area contributed by atoms with Gasteiger partial charge >= 0.3 is 5.97 Å². The Morgan fingerprint density at radius 1 is 1.21 bits per heavy atom. The predicted molar refractivity (Wildman–Crippen MR) is 130 cm³/mol. The van der Waals surface area contributed by atoms with Crippen molar-refractivity contribution in [3.05, 3.63) is 46.7 Å². The quantitative estimate of drug-likeness (QED) is 0.314. The number of ether oxygens (including phenoxy) is 1. The van der Waals surface area contributed by atoms with Gasteiger partial charge in [0, 0.05) is 6.54 Å². The Hall–Kier alpha value is -2.77. The third kappa shape index (κ3) is 6.42. The number of amides is 1. The minimum absolute atomic E-state index is 0.00791. The van der Waals surface area contributed by atoms with Crippen LogP contribution < -0.4 is 5.32 Å². The monoisotopic (exact) mass is 523 g/mol. The molecule has 10 nitrogen and oxygen atoms in total. The molecule has 3 aromatic rings. The maximum Gasteiger partial charge on any atom is 0.350 e. The third-order valence-corrected chi connectivity index (χ3v) is 8.08. The number of hydrogen-bond donors (Lipinski definition) is 1. The van der Waals surface area contributed by atoms with Crippen LogP contribution >= 0.6 is 23.1 Å². The smallest absolute Gasteiger partial charge is 0.350 e. The summed E-state index contributed by atoms with van der Waals surface area (Å²) in [6.07, 6.45) is -0.257. The fraction of sp³-hybridized carbons (Fsp3) is 0.381. The fourth-order valence-corrected chi connectivity index (χ4v) is 5.90. The molecule has 0 fully saturated rings. The molecule has 3 rings (SSSR count). The van der Waals surface area contributed by atoms with Crippen molar-refractivity contribution in [2.75, 3.05) is 11.1 Å². The maximum atomic E-state index is 12.7. The van der Waals surface area contributed by atoms with Crippen molar-refractivity contribution in [2.24, 2.45) is 0 Å². The highest BCUT2D eigenvalue weighted by Gasteiger charge is 2.22. The van der Waals surface area contributed by atoms with Gasteiger partial charge in [0.05, 0.1) is 22.4 Å². The predicted octanol–water partition coefficient (Wildman–Crippen LogP) is 3.33. The van der Waals surface area contributed by atoms with Gasteiger partial charge in [-0.3, -0.25) is 4.79 Å². The molecule has 0 bridgehead atoms. The van der Waals surface area contributed by atoms with Crippen molar-refractivity contribution in [3.8, 4) is 0 Å². The summed E-state index contributed by atoms with van der Waals surface area (Å²) in [6, 6.07) is 8.15. The van der Waals surface area contributed by atoms with Crippen molar-refractivity contribution < 1.29 is 22.7 Å². The van der Waals surface area contributed by atoms with E-state index in [1.54, 1.807) is 43.5 Å². The van der Waals surface area contributed by atoms with Gasteiger partial charge in [-0.2, -0.15) is 0 Å². The number of carbonyl (C=O) groups is 2. The number of thiazole rings is 1. The summed E-state index contributed by atoms with van der Waals surface area (Å²) in [6.45, 7) is 7.48. The zero-order valence-electron chi connectivity index (χ0n) is 19.1. The average Bonchev–Trinajstić information content (AvgIpc) is 3.34. The van der Waals surface area contributed by atoms with E-state index in [4.69, 9.17) is 4.74 Å². The van der Waals surface area contributed by atoms with E-state index in [9.17, 15) is 18.0 Å². The molecule has 0 saturated carbocycles. The van der Waals surface area contributed by atoms with E-state index in [0.29, 0.717) is 33.2 Å². The summed E-state index contributed by atoms with van der Waals surface area (Å²) in [7, 11) is -3.58. The maximum absolute atomic E-state index is 12.7. The van der Waals surface area contributed by atoms with Crippen LogP contribution in [-0.4, -0.2) is 51.9 Å². The molecule has 0 aliphatic rings. The van der Waals surface area contributed by atoms with E-state index < -0.39 is 15.8 Å². The first-order valence-electron chi connectivity index (χ1n) is 10.4. The summed E-state index contributed by atoms with van der Waals surface area (Å²) in [5.41, 5.74) is 0.480. The lowest BCUT2D eigenvalue weighted by molar-refractivity contribution is -0.113. The number of rotatable bonds is 10. The molecule has 0 atom stereocenters. The molecule has 0 aliphatic heterocycles. The van der Waals surface area contributed by atoms with Crippen molar-refractivity contribution in [1.82, 2.24) is 19.7 Å². The number of sulfone groups is 1. The van der Waals surface area contributed by atoms with Crippen LogP contribution in [0.1, 0.15) is 42.0 Å². The molecule has 182 valence electrons. The first-order valence-corrected chi connectivity index (χ1v) is 13.9. The Morgan fingerprint density at radius 3 is 2.56 bits per heavy atom. The Labute approximate surface area is 206 Å². The molecule has 13 heteroatoms. The fourth-order valence-electron chi connectivity index (χ4n) is 2.92. The first-order chi connectivity index (χ1) is 16.1. The summed E-state index contributed by atoms with van der Waals surface area (Å²) in [4.78, 5) is 29.3. The van der Waals surface area contributed by atoms with Crippen molar-refractivity contribution in [2.45, 2.75) is 56.1 Å². The molecule has 0 unspecified atom stereocenters. The largest absolute Gasteiger partial charge is 0.459 e. The Balaban J connectivity index is 1.63. The number of anilines is 1. The molecule has 34 heavy (non-hydrogen) atoms. The highest BCUT2D eigenvalue weighted by Crippen LogP contribution is 2.25. The lowest BCUT2D eigenvalue weighted by Gasteiger charge is -2.08. The number of thioether (sulfide) groups is 1. The van der Waals surface area contributed by atoms with Gasteiger partial charge in [-0.1, -0.05) is 41.3 Å².